The number of nitrogens with zero attached hydrogens (tertiary/aromatic N) is 3. The molecule has 1 atom stereocenters. The normalized spacial score (nSPS) is 22.4. The van der Waals surface area contributed by atoms with Crippen molar-refractivity contribution in [3.8, 4) is 0 Å². The number of rotatable bonds is 6. The van der Waals surface area contributed by atoms with Gasteiger partial charge in [-0.05, 0) is 37.8 Å². The molecule has 0 bridgehead atoms. The van der Waals surface area contributed by atoms with E-state index in [2.05, 4.69) is 36.0 Å². The summed E-state index contributed by atoms with van der Waals surface area (Å²) in [5.74, 6) is 0.966. The molecule has 3 rings (SSSR count). The summed E-state index contributed by atoms with van der Waals surface area (Å²) in [6.07, 6.45) is 2.80. The summed E-state index contributed by atoms with van der Waals surface area (Å²) in [5, 5.41) is 5.58. The largest absolute Gasteiger partial charge is 0.342 e. The van der Waals surface area contributed by atoms with Gasteiger partial charge in [-0.3, -0.25) is 14.5 Å². The van der Waals surface area contributed by atoms with E-state index in [9.17, 15) is 9.59 Å². The van der Waals surface area contributed by atoms with Gasteiger partial charge in [0, 0.05) is 31.4 Å². The highest BCUT2D eigenvalue weighted by Gasteiger charge is 2.34. The monoisotopic (exact) mass is 378 g/mol. The predicted molar refractivity (Wildman–Crippen MR) is 104 cm³/mol. The van der Waals surface area contributed by atoms with E-state index < -0.39 is 0 Å². The minimum absolute atomic E-state index is 0.0815. The molecule has 2 fully saturated rings. The van der Waals surface area contributed by atoms with Crippen molar-refractivity contribution in [2.75, 3.05) is 31.5 Å². The Labute approximate surface area is 160 Å². The van der Waals surface area contributed by atoms with Gasteiger partial charge in [-0.1, -0.05) is 20.8 Å². The maximum atomic E-state index is 12.5. The lowest BCUT2D eigenvalue weighted by Crippen LogP contribution is -2.32. The molecule has 1 N–H and O–H groups in total. The Hall–Kier alpha value is -1.47. The molecule has 3 heterocycles. The van der Waals surface area contributed by atoms with Crippen molar-refractivity contribution < 1.29 is 9.59 Å². The van der Waals surface area contributed by atoms with Crippen molar-refractivity contribution in [3.05, 3.63) is 11.1 Å². The Kier molecular flexibility index (Phi) is 6.29. The fourth-order valence-corrected chi connectivity index (χ4v) is 4.36. The van der Waals surface area contributed by atoms with Crippen LogP contribution < -0.4 is 5.32 Å². The van der Waals surface area contributed by atoms with Crippen molar-refractivity contribution in [2.45, 2.75) is 46.6 Å². The second-order valence-electron chi connectivity index (χ2n) is 8.19. The van der Waals surface area contributed by atoms with Crippen LogP contribution in [-0.4, -0.2) is 52.8 Å². The Morgan fingerprint density at radius 3 is 2.81 bits per heavy atom. The standard InChI is InChI=1S/C19H30N4O2S/c1-13(2)9-23-10-15(8-17(23)24)18(25)21-19-20-16(12-26-19)11-22-6-4-14(3)5-7-22/h12-15H,4-11H2,1-3H3,(H,20,21,25)/t15-/m0/s1. The Morgan fingerprint density at radius 1 is 1.38 bits per heavy atom. The number of nitrogens with one attached hydrogen (secondary N) is 1. The van der Waals surface area contributed by atoms with Gasteiger partial charge in [0.1, 0.15) is 0 Å². The first kappa shape index (κ1) is 19.3. The lowest BCUT2D eigenvalue weighted by atomic mass is 9.99. The lowest BCUT2D eigenvalue weighted by Gasteiger charge is -2.29. The first-order valence-electron chi connectivity index (χ1n) is 9.66. The average Bonchev–Trinajstić information content (AvgIpc) is 3.16. The fourth-order valence-electron chi connectivity index (χ4n) is 3.66. The molecule has 144 valence electrons. The van der Waals surface area contributed by atoms with E-state index in [-0.39, 0.29) is 17.7 Å². The van der Waals surface area contributed by atoms with Gasteiger partial charge in [0.15, 0.2) is 5.13 Å². The molecule has 6 nitrogen and oxygen atoms in total. The molecule has 0 saturated carbocycles. The van der Waals surface area contributed by atoms with Crippen LogP contribution >= 0.6 is 11.3 Å². The SMILES string of the molecule is CC(C)CN1C[C@@H](C(=O)Nc2nc(CN3CCC(C)CC3)cs2)CC1=O. The van der Waals surface area contributed by atoms with Gasteiger partial charge >= 0.3 is 0 Å². The molecule has 0 aromatic carbocycles. The van der Waals surface area contributed by atoms with E-state index >= 15 is 0 Å². The Balaban J connectivity index is 1.49. The zero-order valence-electron chi connectivity index (χ0n) is 16.0. The number of hydrogen-bond acceptors (Lipinski definition) is 5. The molecule has 2 saturated heterocycles. The van der Waals surface area contributed by atoms with Crippen LogP contribution in [0.25, 0.3) is 0 Å². The topological polar surface area (TPSA) is 65.5 Å². The third-order valence-corrected chi connectivity index (χ3v) is 6.02. The summed E-state index contributed by atoms with van der Waals surface area (Å²) in [6.45, 7) is 10.8. The van der Waals surface area contributed by atoms with E-state index in [1.807, 2.05) is 5.38 Å². The summed E-state index contributed by atoms with van der Waals surface area (Å²) < 4.78 is 0. The number of anilines is 1. The smallest absolute Gasteiger partial charge is 0.231 e. The first-order chi connectivity index (χ1) is 12.4. The van der Waals surface area contributed by atoms with Gasteiger partial charge < -0.3 is 10.2 Å². The summed E-state index contributed by atoms with van der Waals surface area (Å²) in [6, 6.07) is 0. The second kappa shape index (κ2) is 8.48. The predicted octanol–water partition coefficient (Wildman–Crippen LogP) is 2.82. The molecule has 0 aliphatic carbocycles. The molecule has 2 aliphatic heterocycles. The quantitative estimate of drug-likeness (QED) is 0.827. The van der Waals surface area contributed by atoms with Crippen molar-refractivity contribution in [2.24, 2.45) is 17.8 Å². The summed E-state index contributed by atoms with van der Waals surface area (Å²) >= 11 is 1.47. The molecule has 2 aliphatic rings. The molecule has 2 amide bonds. The third kappa shape index (κ3) is 5.04. The molecular formula is C19H30N4O2S. The molecule has 26 heavy (non-hydrogen) atoms. The van der Waals surface area contributed by atoms with Crippen LogP contribution in [0.1, 0.15) is 45.7 Å². The minimum atomic E-state index is -0.266. The number of piperidine rings is 1. The van der Waals surface area contributed by atoms with Crippen molar-refractivity contribution >= 4 is 28.3 Å². The third-order valence-electron chi connectivity index (χ3n) is 5.21. The van der Waals surface area contributed by atoms with Crippen LogP contribution in [0.2, 0.25) is 0 Å². The lowest BCUT2D eigenvalue weighted by molar-refractivity contribution is -0.128. The van der Waals surface area contributed by atoms with Gasteiger partial charge in [-0.2, -0.15) is 0 Å². The van der Waals surface area contributed by atoms with Crippen LogP contribution in [-0.2, 0) is 16.1 Å². The van der Waals surface area contributed by atoms with Gasteiger partial charge in [0.05, 0.1) is 11.6 Å². The molecular weight excluding hydrogens is 348 g/mol. The van der Waals surface area contributed by atoms with Gasteiger partial charge in [0.25, 0.3) is 0 Å². The fraction of sp³-hybridized carbons (Fsp3) is 0.737. The van der Waals surface area contributed by atoms with Crippen molar-refractivity contribution in [1.82, 2.24) is 14.8 Å². The molecule has 0 spiro atoms. The van der Waals surface area contributed by atoms with Crippen LogP contribution in [0.15, 0.2) is 5.38 Å². The van der Waals surface area contributed by atoms with Gasteiger partial charge in [0.2, 0.25) is 11.8 Å². The van der Waals surface area contributed by atoms with Crippen LogP contribution in [0.5, 0.6) is 0 Å². The van der Waals surface area contributed by atoms with E-state index in [0.717, 1.165) is 37.8 Å². The molecule has 0 radical (unpaired) electrons. The maximum absolute atomic E-state index is 12.5. The summed E-state index contributed by atoms with van der Waals surface area (Å²) in [5.41, 5.74) is 1.02. The molecule has 1 aromatic heterocycles. The highest BCUT2D eigenvalue weighted by Crippen LogP contribution is 2.24. The van der Waals surface area contributed by atoms with Crippen LogP contribution in [0, 0.1) is 17.8 Å². The highest BCUT2D eigenvalue weighted by atomic mass is 32.1. The van der Waals surface area contributed by atoms with E-state index in [1.165, 1.54) is 24.2 Å². The maximum Gasteiger partial charge on any atom is 0.231 e. The number of aromatic nitrogens is 1. The molecule has 0 unspecified atom stereocenters. The van der Waals surface area contributed by atoms with E-state index in [0.29, 0.717) is 24.0 Å². The minimum Gasteiger partial charge on any atom is -0.342 e. The van der Waals surface area contributed by atoms with Crippen molar-refractivity contribution in [1.29, 1.82) is 0 Å². The number of thiazole rings is 1. The number of carbonyl (C=O) groups excluding carboxylic acids is 2. The Bertz CT molecular complexity index is 637. The second-order valence-corrected chi connectivity index (χ2v) is 9.04. The zero-order valence-corrected chi connectivity index (χ0v) is 16.8. The summed E-state index contributed by atoms with van der Waals surface area (Å²) in [7, 11) is 0. The van der Waals surface area contributed by atoms with Crippen LogP contribution in [0.3, 0.4) is 0 Å². The molecule has 7 heteroatoms. The van der Waals surface area contributed by atoms with E-state index in [4.69, 9.17) is 0 Å². The molecule has 1 aromatic rings. The average molecular weight is 379 g/mol. The zero-order chi connectivity index (χ0) is 18.7. The highest BCUT2D eigenvalue weighted by molar-refractivity contribution is 7.13. The number of likely N-dealkylation sites (tertiary alicyclic amines) is 2. The summed E-state index contributed by atoms with van der Waals surface area (Å²) in [4.78, 5) is 33.3. The van der Waals surface area contributed by atoms with E-state index in [1.54, 1.807) is 4.90 Å². The van der Waals surface area contributed by atoms with Crippen LogP contribution in [0.4, 0.5) is 5.13 Å². The first-order valence-corrected chi connectivity index (χ1v) is 10.5. The number of carbonyl (C=O) groups is 2. The number of hydrogen-bond donors (Lipinski definition) is 1. The van der Waals surface area contributed by atoms with Gasteiger partial charge in [-0.25, -0.2) is 4.98 Å². The number of amides is 2. The van der Waals surface area contributed by atoms with Crippen molar-refractivity contribution in [3.63, 3.8) is 0 Å². The Morgan fingerprint density at radius 2 is 2.12 bits per heavy atom. The van der Waals surface area contributed by atoms with Gasteiger partial charge in [-0.15, -0.1) is 11.3 Å².